The summed E-state index contributed by atoms with van der Waals surface area (Å²) < 4.78 is 29.2. The number of carbonyl (C=O) groups excluding carboxylic acids is 1. The van der Waals surface area contributed by atoms with Gasteiger partial charge in [0.1, 0.15) is 6.61 Å². The lowest BCUT2D eigenvalue weighted by atomic mass is 9.95. The van der Waals surface area contributed by atoms with E-state index in [0.29, 0.717) is 0 Å². The molecule has 1 aliphatic heterocycles. The van der Waals surface area contributed by atoms with E-state index in [4.69, 9.17) is 9.84 Å². The first-order valence-electron chi connectivity index (χ1n) is 9.34. The normalized spacial score (nSPS) is 21.9. The van der Waals surface area contributed by atoms with Gasteiger partial charge in [0.2, 0.25) is 0 Å². The molecular weight excluding hydrogens is 394 g/mol. The molecule has 0 aromatic heterocycles. The summed E-state index contributed by atoms with van der Waals surface area (Å²) in [7, 11) is -3.39. The van der Waals surface area contributed by atoms with E-state index in [-0.39, 0.29) is 24.7 Å². The van der Waals surface area contributed by atoms with Crippen molar-refractivity contribution in [1.29, 1.82) is 0 Å². The number of alkyl carbamates (subject to hydrolysis) is 1. The highest BCUT2D eigenvalue weighted by molar-refractivity contribution is 7.91. The maximum absolute atomic E-state index is 12.5. The van der Waals surface area contributed by atoms with Crippen LogP contribution in [0.25, 0.3) is 11.1 Å². The average molecular weight is 415 g/mol. The summed E-state index contributed by atoms with van der Waals surface area (Å²) in [5, 5.41) is 11.7. The first kappa shape index (κ1) is 19.4. The van der Waals surface area contributed by atoms with Crippen LogP contribution in [0.4, 0.5) is 4.79 Å². The Morgan fingerprint density at radius 1 is 1.07 bits per heavy atom. The summed E-state index contributed by atoms with van der Waals surface area (Å²) in [5.41, 5.74) is 2.99. The number of rotatable bonds is 5. The van der Waals surface area contributed by atoms with Gasteiger partial charge in [-0.15, -0.1) is 0 Å². The van der Waals surface area contributed by atoms with Crippen LogP contribution in [-0.2, 0) is 19.4 Å². The van der Waals surface area contributed by atoms with E-state index < -0.39 is 39.6 Å². The van der Waals surface area contributed by atoms with Gasteiger partial charge in [0.25, 0.3) is 0 Å². The maximum Gasteiger partial charge on any atom is 0.407 e. The van der Waals surface area contributed by atoms with Crippen LogP contribution in [0, 0.1) is 0 Å². The number of benzene rings is 2. The Balaban J connectivity index is 1.49. The number of aliphatic carboxylic acids is 1. The van der Waals surface area contributed by atoms with Crippen molar-refractivity contribution in [1.82, 2.24) is 5.32 Å². The minimum Gasteiger partial charge on any atom is -0.481 e. The van der Waals surface area contributed by atoms with Crippen molar-refractivity contribution in [3.05, 3.63) is 59.7 Å². The quantitative estimate of drug-likeness (QED) is 0.777. The van der Waals surface area contributed by atoms with Crippen molar-refractivity contribution in [2.75, 3.05) is 18.1 Å². The number of carboxylic acids is 1. The van der Waals surface area contributed by atoms with Crippen LogP contribution in [0.15, 0.2) is 48.5 Å². The van der Waals surface area contributed by atoms with E-state index in [9.17, 15) is 18.0 Å². The lowest BCUT2D eigenvalue weighted by molar-refractivity contribution is -0.138. The molecule has 1 heterocycles. The van der Waals surface area contributed by atoms with Gasteiger partial charge in [0.05, 0.1) is 23.5 Å². The highest BCUT2D eigenvalue weighted by Crippen LogP contribution is 2.44. The van der Waals surface area contributed by atoms with E-state index in [1.54, 1.807) is 0 Å². The van der Waals surface area contributed by atoms with Crippen LogP contribution in [0.5, 0.6) is 0 Å². The number of nitrogens with one attached hydrogen (secondary N) is 1. The summed E-state index contributed by atoms with van der Waals surface area (Å²) in [6.45, 7) is 0.0791. The van der Waals surface area contributed by atoms with Crippen LogP contribution in [0.2, 0.25) is 0 Å². The molecule has 0 bridgehead atoms. The fraction of sp³-hybridized carbons (Fsp3) is 0.333. The van der Waals surface area contributed by atoms with Crippen molar-refractivity contribution in [3.63, 3.8) is 0 Å². The van der Waals surface area contributed by atoms with Gasteiger partial charge in [-0.2, -0.15) is 0 Å². The van der Waals surface area contributed by atoms with Crippen molar-refractivity contribution >= 4 is 21.9 Å². The fourth-order valence-electron chi connectivity index (χ4n) is 4.34. The van der Waals surface area contributed by atoms with E-state index in [1.165, 1.54) is 0 Å². The molecule has 152 valence electrons. The first-order chi connectivity index (χ1) is 13.8. The minimum absolute atomic E-state index is 0.0613. The molecule has 1 amide bonds. The molecule has 0 saturated carbocycles. The van der Waals surface area contributed by atoms with Gasteiger partial charge in [-0.25, -0.2) is 13.2 Å². The molecule has 2 aliphatic rings. The van der Waals surface area contributed by atoms with E-state index in [1.807, 2.05) is 48.5 Å². The monoisotopic (exact) mass is 415 g/mol. The Labute approximate surface area is 168 Å². The van der Waals surface area contributed by atoms with Crippen molar-refractivity contribution in [3.8, 4) is 11.1 Å². The summed E-state index contributed by atoms with van der Waals surface area (Å²) in [5.74, 6) is -1.84. The Hall–Kier alpha value is -2.87. The molecule has 2 N–H and O–H groups in total. The highest BCUT2D eigenvalue weighted by Gasteiger charge is 2.45. The Morgan fingerprint density at radius 2 is 1.66 bits per heavy atom. The number of fused-ring (bicyclic) bond motifs is 3. The van der Waals surface area contributed by atoms with Gasteiger partial charge >= 0.3 is 12.1 Å². The van der Waals surface area contributed by atoms with Gasteiger partial charge in [0.15, 0.2) is 9.84 Å². The number of carboxylic acid groups (broad SMARTS) is 1. The third-order valence-corrected chi connectivity index (χ3v) is 7.41. The maximum atomic E-state index is 12.5. The zero-order chi connectivity index (χ0) is 20.6. The van der Waals surface area contributed by atoms with Crippen LogP contribution < -0.4 is 5.32 Å². The number of ether oxygens (including phenoxy) is 1. The van der Waals surface area contributed by atoms with Crippen molar-refractivity contribution < 1.29 is 27.9 Å². The van der Waals surface area contributed by atoms with Crippen LogP contribution in [0.1, 0.15) is 29.9 Å². The molecule has 1 aliphatic carbocycles. The van der Waals surface area contributed by atoms with Gasteiger partial charge in [0, 0.05) is 5.92 Å². The second-order valence-electron chi connectivity index (χ2n) is 7.64. The molecule has 29 heavy (non-hydrogen) atoms. The zero-order valence-electron chi connectivity index (χ0n) is 15.6. The molecule has 8 heteroatoms. The SMILES string of the molecule is O=C(O)CC1(NC(=O)OCC2c3ccccc3-c3ccccc32)CCS(=O)(=O)C1. The van der Waals surface area contributed by atoms with Crippen LogP contribution in [-0.4, -0.2) is 49.2 Å². The average Bonchev–Trinajstić information content (AvgIpc) is 3.13. The predicted octanol–water partition coefficient (Wildman–Crippen LogP) is 2.56. The van der Waals surface area contributed by atoms with Crippen molar-refractivity contribution in [2.45, 2.75) is 24.3 Å². The van der Waals surface area contributed by atoms with Crippen LogP contribution >= 0.6 is 0 Å². The topological polar surface area (TPSA) is 110 Å². The van der Waals surface area contributed by atoms with Gasteiger partial charge in [-0.1, -0.05) is 48.5 Å². The van der Waals surface area contributed by atoms with Gasteiger partial charge < -0.3 is 15.2 Å². The lowest BCUT2D eigenvalue weighted by Crippen LogP contribution is -2.51. The predicted molar refractivity (Wildman–Crippen MR) is 106 cm³/mol. The largest absolute Gasteiger partial charge is 0.481 e. The summed E-state index contributed by atoms with van der Waals surface area (Å²) >= 11 is 0. The standard InChI is InChI=1S/C21H21NO6S/c23-19(24)11-21(9-10-29(26,27)13-21)22-20(25)28-12-18-16-7-3-1-5-14(16)15-6-2-4-8-17(15)18/h1-8,18H,9-13H2,(H,22,25)(H,23,24). The Morgan fingerprint density at radius 3 is 2.17 bits per heavy atom. The third kappa shape index (κ3) is 3.85. The van der Waals surface area contributed by atoms with E-state index in [2.05, 4.69) is 5.32 Å². The summed E-state index contributed by atoms with van der Waals surface area (Å²) in [6.07, 6.45) is -1.20. The number of hydrogen-bond donors (Lipinski definition) is 2. The molecule has 2 aromatic carbocycles. The third-order valence-electron chi connectivity index (χ3n) is 5.59. The fourth-order valence-corrected chi connectivity index (χ4v) is 6.35. The van der Waals surface area contributed by atoms with E-state index in [0.717, 1.165) is 22.3 Å². The smallest absolute Gasteiger partial charge is 0.407 e. The molecule has 1 fully saturated rings. The molecule has 1 saturated heterocycles. The minimum atomic E-state index is -3.39. The molecular formula is C21H21NO6S. The molecule has 0 spiro atoms. The Kier molecular flexibility index (Phi) is 4.82. The summed E-state index contributed by atoms with van der Waals surface area (Å²) in [6, 6.07) is 15.8. The number of carbonyl (C=O) groups is 2. The second-order valence-corrected chi connectivity index (χ2v) is 9.83. The van der Waals surface area contributed by atoms with E-state index >= 15 is 0 Å². The number of hydrogen-bond acceptors (Lipinski definition) is 5. The number of amides is 1. The summed E-state index contributed by atoms with van der Waals surface area (Å²) in [4.78, 5) is 23.7. The lowest BCUT2D eigenvalue weighted by Gasteiger charge is -2.27. The van der Waals surface area contributed by atoms with Crippen LogP contribution in [0.3, 0.4) is 0 Å². The zero-order valence-corrected chi connectivity index (χ0v) is 16.4. The molecule has 1 unspecified atom stereocenters. The number of sulfone groups is 1. The first-order valence-corrected chi connectivity index (χ1v) is 11.2. The molecule has 7 nitrogen and oxygen atoms in total. The van der Waals surface area contributed by atoms with Gasteiger partial charge in [-0.3, -0.25) is 4.79 Å². The molecule has 1 atom stereocenters. The van der Waals surface area contributed by atoms with Crippen molar-refractivity contribution in [2.24, 2.45) is 0 Å². The Bertz CT molecular complexity index is 1030. The molecule has 2 aromatic rings. The molecule has 0 radical (unpaired) electrons. The van der Waals surface area contributed by atoms with Gasteiger partial charge in [-0.05, 0) is 28.7 Å². The second kappa shape index (κ2) is 7.18. The molecule has 4 rings (SSSR count). The highest BCUT2D eigenvalue weighted by atomic mass is 32.2.